The summed E-state index contributed by atoms with van der Waals surface area (Å²) in [5, 5.41) is 6.55. The number of hydrogen-bond donors (Lipinski definition) is 3. The first kappa shape index (κ1) is 15.8. The second kappa shape index (κ2) is 6.02. The molecule has 0 saturated carbocycles. The van der Waals surface area contributed by atoms with Gasteiger partial charge in [0.1, 0.15) is 10.7 Å². The average molecular weight is 377 g/mol. The highest BCUT2D eigenvalue weighted by molar-refractivity contribution is 9.10. The van der Waals surface area contributed by atoms with E-state index in [9.17, 15) is 12.8 Å². The van der Waals surface area contributed by atoms with Crippen LogP contribution >= 0.6 is 15.9 Å². The van der Waals surface area contributed by atoms with Crippen molar-refractivity contribution < 1.29 is 12.8 Å². The summed E-state index contributed by atoms with van der Waals surface area (Å²) >= 11 is 3.04. The van der Waals surface area contributed by atoms with Crippen molar-refractivity contribution in [3.63, 3.8) is 0 Å². The molecule has 0 saturated heterocycles. The predicted molar refractivity (Wildman–Crippen MR) is 81.9 cm³/mol. The molecule has 0 aliphatic rings. The van der Waals surface area contributed by atoms with E-state index in [-0.39, 0.29) is 11.5 Å². The molecule has 2 rings (SSSR count). The van der Waals surface area contributed by atoms with E-state index in [1.54, 1.807) is 6.07 Å². The third kappa shape index (κ3) is 3.53. The number of nitrogens with one attached hydrogen (secondary N) is 2. The van der Waals surface area contributed by atoms with Gasteiger partial charge in [-0.25, -0.2) is 12.8 Å². The van der Waals surface area contributed by atoms with Gasteiger partial charge in [0.2, 0.25) is 0 Å². The first-order valence-corrected chi connectivity index (χ1v) is 8.42. The molecule has 0 aliphatic heterocycles. The molecule has 1 aromatic heterocycles. The molecule has 4 N–H and O–H groups in total. The predicted octanol–water partition coefficient (Wildman–Crippen LogP) is 2.65. The topological polar surface area (TPSA) is 101 Å². The summed E-state index contributed by atoms with van der Waals surface area (Å²) in [5.41, 5.74) is 6.52. The van der Waals surface area contributed by atoms with Gasteiger partial charge in [-0.1, -0.05) is 13.3 Å². The highest BCUT2D eigenvalue weighted by Crippen LogP contribution is 2.27. The van der Waals surface area contributed by atoms with Crippen molar-refractivity contribution in [2.24, 2.45) is 0 Å². The number of aromatic nitrogens is 2. The van der Waals surface area contributed by atoms with E-state index in [1.807, 2.05) is 6.92 Å². The van der Waals surface area contributed by atoms with Gasteiger partial charge in [0.05, 0.1) is 0 Å². The number of H-pyrrole nitrogens is 1. The Morgan fingerprint density at radius 2 is 2.14 bits per heavy atom. The van der Waals surface area contributed by atoms with Gasteiger partial charge in [-0.2, -0.15) is 5.10 Å². The van der Waals surface area contributed by atoms with Gasteiger partial charge < -0.3 is 5.73 Å². The van der Waals surface area contributed by atoms with Crippen LogP contribution in [0.4, 0.5) is 15.9 Å². The fourth-order valence-electron chi connectivity index (χ4n) is 1.75. The minimum atomic E-state index is -4.09. The Labute approximate surface area is 130 Å². The maximum atomic E-state index is 13.8. The third-order valence-corrected chi connectivity index (χ3v) is 4.79. The van der Waals surface area contributed by atoms with Crippen molar-refractivity contribution in [2.75, 3.05) is 10.5 Å². The summed E-state index contributed by atoms with van der Waals surface area (Å²) in [7, 11) is -4.09. The lowest BCUT2D eigenvalue weighted by Gasteiger charge is -2.08. The van der Waals surface area contributed by atoms with Crippen molar-refractivity contribution in [2.45, 2.75) is 24.7 Å². The fraction of sp³-hybridized carbons (Fsp3) is 0.250. The van der Waals surface area contributed by atoms with Crippen LogP contribution in [0.3, 0.4) is 0 Å². The number of aromatic amines is 1. The summed E-state index contributed by atoms with van der Waals surface area (Å²) in [4.78, 5) is -0.525. The molecule has 0 radical (unpaired) electrons. The molecule has 0 unspecified atom stereocenters. The van der Waals surface area contributed by atoms with Gasteiger partial charge in [-0.3, -0.25) is 9.82 Å². The average Bonchev–Trinajstić information content (AvgIpc) is 2.80. The molecular weight excluding hydrogens is 363 g/mol. The monoisotopic (exact) mass is 376 g/mol. The number of anilines is 2. The van der Waals surface area contributed by atoms with Crippen molar-refractivity contribution in [3.8, 4) is 0 Å². The summed E-state index contributed by atoms with van der Waals surface area (Å²) in [6.07, 6.45) is 1.64. The van der Waals surface area contributed by atoms with Crippen LogP contribution in [0.25, 0.3) is 0 Å². The molecule has 0 amide bonds. The highest BCUT2D eigenvalue weighted by atomic mass is 79.9. The number of nitrogen functional groups attached to an aromatic ring is 1. The molecular formula is C12H14BrFN4O2S. The van der Waals surface area contributed by atoms with Crippen molar-refractivity contribution in [3.05, 3.63) is 34.2 Å². The molecule has 1 heterocycles. The normalized spacial score (nSPS) is 11.6. The first-order chi connectivity index (χ1) is 9.83. The first-order valence-electron chi connectivity index (χ1n) is 6.15. The van der Waals surface area contributed by atoms with Crippen molar-refractivity contribution in [1.82, 2.24) is 10.2 Å². The van der Waals surface area contributed by atoms with E-state index >= 15 is 0 Å². The Balaban J connectivity index is 2.31. The minimum absolute atomic E-state index is 0.111. The van der Waals surface area contributed by atoms with Gasteiger partial charge in [0.15, 0.2) is 5.82 Å². The standard InChI is InChI=1S/C12H14BrFN4O2S/c1-2-3-7-4-12(17-16-7)18-21(19,20)11-6-10(15)8(13)5-9(11)14/h4-6H,2-3,15H2,1H3,(H2,16,17,18). The van der Waals surface area contributed by atoms with Crippen LogP contribution in [0.15, 0.2) is 27.6 Å². The number of nitrogens with two attached hydrogens (primary N) is 1. The number of nitrogens with zero attached hydrogens (tertiary/aromatic N) is 1. The second-order valence-corrected chi connectivity index (χ2v) is 6.94. The Kier molecular flexibility index (Phi) is 4.52. The van der Waals surface area contributed by atoms with Crippen molar-refractivity contribution >= 4 is 37.5 Å². The van der Waals surface area contributed by atoms with Crippen LogP contribution in [0.1, 0.15) is 19.0 Å². The number of halogens is 2. The molecule has 1 aromatic carbocycles. The Bertz CT molecular complexity index is 761. The van der Waals surface area contributed by atoms with Crippen LogP contribution in [0.2, 0.25) is 0 Å². The van der Waals surface area contributed by atoms with Crippen LogP contribution < -0.4 is 10.5 Å². The van der Waals surface area contributed by atoms with E-state index in [0.717, 1.165) is 30.7 Å². The van der Waals surface area contributed by atoms with E-state index in [4.69, 9.17) is 5.73 Å². The number of sulfonamides is 1. The number of aryl methyl sites for hydroxylation is 1. The fourth-order valence-corrected chi connectivity index (χ4v) is 3.16. The largest absolute Gasteiger partial charge is 0.398 e. The molecule has 114 valence electrons. The van der Waals surface area contributed by atoms with Crippen LogP contribution in [-0.2, 0) is 16.4 Å². The molecule has 0 atom stereocenters. The molecule has 0 fully saturated rings. The Morgan fingerprint density at radius 1 is 1.43 bits per heavy atom. The van der Waals surface area contributed by atoms with Gasteiger partial charge in [0.25, 0.3) is 10.0 Å². The second-order valence-electron chi connectivity index (χ2n) is 4.44. The minimum Gasteiger partial charge on any atom is -0.398 e. The highest BCUT2D eigenvalue weighted by Gasteiger charge is 2.21. The lowest BCUT2D eigenvalue weighted by Crippen LogP contribution is -2.15. The van der Waals surface area contributed by atoms with E-state index in [2.05, 4.69) is 30.8 Å². The quantitative estimate of drug-likeness (QED) is 0.698. The maximum absolute atomic E-state index is 13.8. The number of hydrogen-bond acceptors (Lipinski definition) is 4. The molecule has 9 heteroatoms. The van der Waals surface area contributed by atoms with Crippen molar-refractivity contribution in [1.29, 1.82) is 0 Å². The lowest BCUT2D eigenvalue weighted by atomic mass is 10.2. The molecule has 0 spiro atoms. The zero-order valence-electron chi connectivity index (χ0n) is 11.2. The van der Waals surface area contributed by atoms with E-state index in [1.165, 1.54) is 0 Å². The molecule has 0 bridgehead atoms. The zero-order chi connectivity index (χ0) is 15.6. The third-order valence-electron chi connectivity index (χ3n) is 2.73. The van der Waals surface area contributed by atoms with Crippen LogP contribution in [0, 0.1) is 5.82 Å². The van der Waals surface area contributed by atoms with Crippen LogP contribution in [-0.4, -0.2) is 18.6 Å². The smallest absolute Gasteiger partial charge is 0.266 e. The summed E-state index contributed by atoms with van der Waals surface area (Å²) in [6, 6.07) is 3.64. The summed E-state index contributed by atoms with van der Waals surface area (Å²) < 4.78 is 40.7. The molecule has 21 heavy (non-hydrogen) atoms. The molecule has 2 aromatic rings. The van der Waals surface area contributed by atoms with Gasteiger partial charge in [-0.15, -0.1) is 0 Å². The molecule has 0 aliphatic carbocycles. The Morgan fingerprint density at radius 3 is 2.81 bits per heavy atom. The van der Waals surface area contributed by atoms with E-state index in [0.29, 0.717) is 4.47 Å². The maximum Gasteiger partial charge on any atom is 0.266 e. The van der Waals surface area contributed by atoms with Gasteiger partial charge >= 0.3 is 0 Å². The SMILES string of the molecule is CCCc1cc(NS(=O)(=O)c2cc(N)c(Br)cc2F)n[nH]1. The number of rotatable bonds is 5. The van der Waals surface area contributed by atoms with Crippen LogP contribution in [0.5, 0.6) is 0 Å². The van der Waals surface area contributed by atoms with E-state index < -0.39 is 20.7 Å². The molecule has 6 nitrogen and oxygen atoms in total. The van der Waals surface area contributed by atoms with Gasteiger partial charge in [0, 0.05) is 21.9 Å². The number of benzene rings is 1. The zero-order valence-corrected chi connectivity index (χ0v) is 13.6. The van der Waals surface area contributed by atoms with Gasteiger partial charge in [-0.05, 0) is 34.5 Å². The Hall–Kier alpha value is -1.61. The lowest BCUT2D eigenvalue weighted by molar-refractivity contribution is 0.570. The summed E-state index contributed by atoms with van der Waals surface area (Å²) in [5.74, 6) is -0.785. The summed E-state index contributed by atoms with van der Waals surface area (Å²) in [6.45, 7) is 1.99.